The van der Waals surface area contributed by atoms with Crippen LogP contribution in [0, 0.1) is 11.3 Å². The van der Waals surface area contributed by atoms with Crippen LogP contribution in [-0.4, -0.2) is 40.9 Å². The number of amides is 3. The molecule has 2 aliphatic rings. The maximum atomic E-state index is 12.4. The van der Waals surface area contributed by atoms with Gasteiger partial charge in [0.15, 0.2) is 5.75 Å². The lowest BCUT2D eigenvalue weighted by Crippen LogP contribution is -2.52. The molecule has 0 unspecified atom stereocenters. The second kappa shape index (κ2) is 6.33. The average Bonchev–Trinajstić information content (AvgIpc) is 2.70. The second-order valence-corrected chi connectivity index (χ2v) is 6.91. The predicted molar refractivity (Wildman–Crippen MR) is 84.7 cm³/mol. The molecule has 0 spiro atoms. The first-order valence-corrected chi connectivity index (χ1v) is 8.12. The molecule has 1 saturated carbocycles. The fraction of sp³-hybridized carbons (Fsp3) is 0.471. The normalized spacial score (nSPS) is 24.1. The van der Waals surface area contributed by atoms with Gasteiger partial charge in [-0.3, -0.25) is 9.69 Å². The molecule has 0 atom stereocenters. The Hall–Kier alpha value is -2.96. The number of urea groups is 1. The highest BCUT2D eigenvalue weighted by molar-refractivity contribution is 6.06. The highest BCUT2D eigenvalue weighted by atomic mass is 19.4. The molecule has 1 aromatic rings. The van der Waals surface area contributed by atoms with Crippen molar-refractivity contribution < 1.29 is 32.2 Å². The van der Waals surface area contributed by atoms with Gasteiger partial charge in [0.1, 0.15) is 23.5 Å². The number of carbonyl (C=O) groups excluding carboxylic acids is 2. The lowest BCUT2D eigenvalue weighted by Gasteiger charge is -2.39. The second-order valence-electron chi connectivity index (χ2n) is 6.91. The summed E-state index contributed by atoms with van der Waals surface area (Å²) in [5.41, 5.74) is -1.23. The number of hydrogen-bond acceptors (Lipinski definition) is 5. The minimum Gasteiger partial charge on any atom is -0.490 e. The summed E-state index contributed by atoms with van der Waals surface area (Å²) >= 11 is 0. The van der Waals surface area contributed by atoms with Crippen molar-refractivity contribution >= 4 is 11.9 Å². The summed E-state index contributed by atoms with van der Waals surface area (Å²) in [6.07, 6.45) is -4.57. The Morgan fingerprint density at radius 2 is 1.96 bits per heavy atom. The molecule has 1 heterocycles. The molecular weight excluding hydrogens is 367 g/mol. The molecule has 1 aromatic carbocycles. The Bertz CT molecular complexity index is 826. The standard InChI is InChI=1S/C17H16F3N3O4/c1-16(2)14(24)23(15(25)22-16)10-5-12(6-10)26-11-4-3-9(8-21)13(7-11)27-17(18,19)20/h3-4,7,10,12H,5-6H2,1-2H3,(H,22,25)/t10-,12-. The molecule has 10 heteroatoms. The molecule has 2 fully saturated rings. The number of rotatable bonds is 4. The summed E-state index contributed by atoms with van der Waals surface area (Å²) in [5.74, 6) is -0.862. The van der Waals surface area contributed by atoms with Gasteiger partial charge >= 0.3 is 12.4 Å². The van der Waals surface area contributed by atoms with Crippen LogP contribution in [0.5, 0.6) is 11.5 Å². The van der Waals surface area contributed by atoms with Crippen LogP contribution in [-0.2, 0) is 4.79 Å². The maximum Gasteiger partial charge on any atom is 0.573 e. The van der Waals surface area contributed by atoms with E-state index in [0.29, 0.717) is 12.8 Å². The van der Waals surface area contributed by atoms with Crippen LogP contribution in [0.2, 0.25) is 0 Å². The van der Waals surface area contributed by atoms with E-state index in [4.69, 9.17) is 10.00 Å². The minimum atomic E-state index is -4.93. The number of ether oxygens (including phenoxy) is 2. The first-order valence-electron chi connectivity index (χ1n) is 8.12. The number of alkyl halides is 3. The van der Waals surface area contributed by atoms with E-state index < -0.39 is 23.7 Å². The highest BCUT2D eigenvalue weighted by Gasteiger charge is 2.50. The Labute approximate surface area is 152 Å². The van der Waals surface area contributed by atoms with Crippen molar-refractivity contribution in [3.63, 3.8) is 0 Å². The molecule has 1 N–H and O–H groups in total. The van der Waals surface area contributed by atoms with E-state index in [0.717, 1.165) is 11.0 Å². The molecule has 1 aliphatic heterocycles. The molecule has 0 bridgehead atoms. The number of imide groups is 1. The van der Waals surface area contributed by atoms with Gasteiger partial charge in [-0.15, -0.1) is 13.2 Å². The van der Waals surface area contributed by atoms with E-state index >= 15 is 0 Å². The number of nitrogens with zero attached hydrogens (tertiary/aromatic N) is 2. The van der Waals surface area contributed by atoms with Crippen LogP contribution < -0.4 is 14.8 Å². The van der Waals surface area contributed by atoms with Gasteiger partial charge in [-0.05, 0) is 26.0 Å². The van der Waals surface area contributed by atoms with Gasteiger partial charge in [0.05, 0.1) is 5.56 Å². The van der Waals surface area contributed by atoms with Crippen molar-refractivity contribution in [1.82, 2.24) is 10.2 Å². The van der Waals surface area contributed by atoms with Gasteiger partial charge < -0.3 is 14.8 Å². The average molecular weight is 383 g/mol. The van der Waals surface area contributed by atoms with E-state index in [1.54, 1.807) is 19.9 Å². The van der Waals surface area contributed by atoms with Crippen LogP contribution in [0.3, 0.4) is 0 Å². The Morgan fingerprint density at radius 3 is 2.48 bits per heavy atom. The lowest BCUT2D eigenvalue weighted by atomic mass is 9.87. The van der Waals surface area contributed by atoms with E-state index in [1.807, 2.05) is 0 Å². The number of nitrogens with one attached hydrogen (secondary N) is 1. The fourth-order valence-electron chi connectivity index (χ4n) is 3.02. The van der Waals surface area contributed by atoms with Gasteiger partial charge in [-0.25, -0.2) is 4.79 Å². The molecule has 3 rings (SSSR count). The number of hydrogen-bond donors (Lipinski definition) is 1. The molecule has 144 valence electrons. The van der Waals surface area contributed by atoms with Crippen LogP contribution >= 0.6 is 0 Å². The van der Waals surface area contributed by atoms with Crippen LogP contribution in [0.25, 0.3) is 0 Å². The smallest absolute Gasteiger partial charge is 0.490 e. The molecule has 1 aliphatic carbocycles. The van der Waals surface area contributed by atoms with Crippen molar-refractivity contribution in [2.75, 3.05) is 0 Å². The van der Waals surface area contributed by atoms with Gasteiger partial charge in [0.2, 0.25) is 0 Å². The first-order chi connectivity index (χ1) is 12.5. The summed E-state index contributed by atoms with van der Waals surface area (Å²) < 4.78 is 46.8. The summed E-state index contributed by atoms with van der Waals surface area (Å²) in [5, 5.41) is 11.5. The number of nitriles is 1. The van der Waals surface area contributed by atoms with Crippen LogP contribution in [0.1, 0.15) is 32.3 Å². The quantitative estimate of drug-likeness (QED) is 0.808. The van der Waals surface area contributed by atoms with Gasteiger partial charge in [-0.1, -0.05) is 0 Å². The monoisotopic (exact) mass is 383 g/mol. The van der Waals surface area contributed by atoms with Crippen LogP contribution in [0.4, 0.5) is 18.0 Å². The lowest BCUT2D eigenvalue weighted by molar-refractivity contribution is -0.274. The number of halogens is 3. The molecule has 0 aromatic heterocycles. The SMILES string of the molecule is CC1(C)NC(=O)N([C@H]2C[C@H](Oc3ccc(C#N)c(OC(F)(F)F)c3)C2)C1=O. The van der Waals surface area contributed by atoms with Crippen molar-refractivity contribution in [2.24, 2.45) is 0 Å². The first kappa shape index (κ1) is 18.8. The number of carbonyl (C=O) groups is 2. The van der Waals surface area contributed by atoms with Gasteiger partial charge in [-0.2, -0.15) is 5.26 Å². The Morgan fingerprint density at radius 1 is 1.30 bits per heavy atom. The molecule has 3 amide bonds. The number of benzene rings is 1. The third kappa shape index (κ3) is 3.77. The molecule has 1 saturated heterocycles. The molecule has 7 nitrogen and oxygen atoms in total. The van der Waals surface area contributed by atoms with Crippen molar-refractivity contribution in [2.45, 2.75) is 50.7 Å². The van der Waals surface area contributed by atoms with Gasteiger partial charge in [0, 0.05) is 24.9 Å². The van der Waals surface area contributed by atoms with Gasteiger partial charge in [0.25, 0.3) is 5.91 Å². The molecular formula is C17H16F3N3O4. The van der Waals surface area contributed by atoms with E-state index in [1.165, 1.54) is 12.1 Å². The topological polar surface area (TPSA) is 91.7 Å². The van der Waals surface area contributed by atoms with Crippen molar-refractivity contribution in [3.05, 3.63) is 23.8 Å². The van der Waals surface area contributed by atoms with E-state index in [2.05, 4.69) is 10.1 Å². The van der Waals surface area contributed by atoms with Crippen molar-refractivity contribution in [1.29, 1.82) is 5.26 Å². The van der Waals surface area contributed by atoms with E-state index in [9.17, 15) is 22.8 Å². The fourth-order valence-corrected chi connectivity index (χ4v) is 3.02. The third-order valence-corrected chi connectivity index (χ3v) is 4.43. The third-order valence-electron chi connectivity index (χ3n) is 4.43. The zero-order chi connectivity index (χ0) is 20.0. The predicted octanol–water partition coefficient (Wildman–Crippen LogP) is 2.70. The Balaban J connectivity index is 1.64. The van der Waals surface area contributed by atoms with Crippen molar-refractivity contribution in [3.8, 4) is 17.6 Å². The zero-order valence-corrected chi connectivity index (χ0v) is 14.5. The summed E-state index contributed by atoms with van der Waals surface area (Å²) in [4.78, 5) is 25.3. The van der Waals surface area contributed by atoms with E-state index in [-0.39, 0.29) is 29.4 Å². The molecule has 0 radical (unpaired) electrons. The highest BCUT2D eigenvalue weighted by Crippen LogP contribution is 2.35. The summed E-state index contributed by atoms with van der Waals surface area (Å²) in [6.45, 7) is 3.22. The molecule has 27 heavy (non-hydrogen) atoms. The summed E-state index contributed by atoms with van der Waals surface area (Å²) in [6, 6.07) is 4.36. The minimum absolute atomic E-state index is 0.106. The van der Waals surface area contributed by atoms with Crippen LogP contribution in [0.15, 0.2) is 18.2 Å². The maximum absolute atomic E-state index is 12.4. The largest absolute Gasteiger partial charge is 0.573 e. The zero-order valence-electron chi connectivity index (χ0n) is 14.5. The summed E-state index contributed by atoms with van der Waals surface area (Å²) in [7, 11) is 0. The Kier molecular flexibility index (Phi) is 4.41.